The van der Waals surface area contributed by atoms with Crippen LogP contribution in [-0.2, 0) is 4.79 Å². The van der Waals surface area contributed by atoms with Gasteiger partial charge in [-0.15, -0.1) is 11.3 Å². The SMILES string of the molecule is Cc1ncc(C(C=O)N2CCN(c3ncnc4[nH]ccc34)CC3(CC3)C2)s1. The molecule has 3 aromatic rings. The summed E-state index contributed by atoms with van der Waals surface area (Å²) in [6.07, 6.45) is 8.88. The summed E-state index contributed by atoms with van der Waals surface area (Å²) in [5, 5.41) is 2.07. The Hall–Kier alpha value is -2.32. The van der Waals surface area contributed by atoms with E-state index in [1.165, 1.54) is 12.8 Å². The fourth-order valence-electron chi connectivity index (χ4n) is 4.16. The molecular weight excluding hydrogens is 360 g/mol. The third-order valence-electron chi connectivity index (χ3n) is 5.76. The van der Waals surface area contributed by atoms with Crippen molar-refractivity contribution >= 4 is 34.5 Å². The predicted molar refractivity (Wildman–Crippen MR) is 105 cm³/mol. The van der Waals surface area contributed by atoms with Crippen molar-refractivity contribution in [3.05, 3.63) is 34.7 Å². The molecule has 1 unspecified atom stereocenters. The lowest BCUT2D eigenvalue weighted by Crippen LogP contribution is -2.35. The molecule has 2 fully saturated rings. The van der Waals surface area contributed by atoms with E-state index in [4.69, 9.17) is 0 Å². The van der Waals surface area contributed by atoms with E-state index in [9.17, 15) is 4.79 Å². The zero-order valence-corrected chi connectivity index (χ0v) is 16.1. The molecule has 1 N–H and O–H groups in total. The van der Waals surface area contributed by atoms with Crippen LogP contribution in [-0.4, -0.2) is 57.3 Å². The highest BCUT2D eigenvalue weighted by Gasteiger charge is 2.48. The fourth-order valence-corrected chi connectivity index (χ4v) is 5.04. The van der Waals surface area contributed by atoms with Gasteiger partial charge in [0, 0.05) is 48.9 Å². The lowest BCUT2D eigenvalue weighted by atomic mass is 10.1. The quantitative estimate of drug-likeness (QED) is 0.699. The van der Waals surface area contributed by atoms with Crippen LogP contribution >= 0.6 is 11.3 Å². The van der Waals surface area contributed by atoms with Gasteiger partial charge in [0.05, 0.1) is 10.4 Å². The standard InChI is InChI=1S/C19H22N6OS/c1-13-21-8-16(27-13)15(9-26)24-6-7-25(11-19(10-24)3-4-19)18-14-2-5-20-17(14)22-12-23-18/h2,5,8-9,12,15H,3-4,6-7,10-11H2,1H3,(H,20,22,23). The minimum Gasteiger partial charge on any atom is -0.354 e. The number of carbonyl (C=O) groups excluding carboxylic acids is 1. The number of H-pyrrole nitrogens is 1. The Bertz CT molecular complexity index is 977. The lowest BCUT2D eigenvalue weighted by molar-refractivity contribution is -0.112. The van der Waals surface area contributed by atoms with E-state index in [1.54, 1.807) is 17.7 Å². The lowest BCUT2D eigenvalue weighted by Gasteiger charge is -2.27. The number of hydrogen-bond donors (Lipinski definition) is 1. The summed E-state index contributed by atoms with van der Waals surface area (Å²) in [4.78, 5) is 34.1. The number of rotatable bonds is 4. The van der Waals surface area contributed by atoms with Gasteiger partial charge in [0.25, 0.3) is 0 Å². The van der Waals surface area contributed by atoms with Crippen LogP contribution in [0.25, 0.3) is 11.0 Å². The number of aldehydes is 1. The van der Waals surface area contributed by atoms with Crippen molar-refractivity contribution in [2.24, 2.45) is 5.41 Å². The third kappa shape index (κ3) is 3.02. The number of aromatic nitrogens is 4. The molecule has 0 radical (unpaired) electrons. The van der Waals surface area contributed by atoms with Gasteiger partial charge >= 0.3 is 0 Å². The summed E-state index contributed by atoms with van der Waals surface area (Å²) in [5.74, 6) is 0.991. The summed E-state index contributed by atoms with van der Waals surface area (Å²) in [7, 11) is 0. The van der Waals surface area contributed by atoms with Crippen molar-refractivity contribution in [2.45, 2.75) is 25.8 Å². The van der Waals surface area contributed by atoms with Crippen molar-refractivity contribution in [2.75, 3.05) is 31.1 Å². The van der Waals surface area contributed by atoms with E-state index >= 15 is 0 Å². The first-order valence-corrected chi connectivity index (χ1v) is 10.1. The highest BCUT2D eigenvalue weighted by Crippen LogP contribution is 2.49. The molecule has 4 heterocycles. The van der Waals surface area contributed by atoms with Gasteiger partial charge in [-0.05, 0) is 25.8 Å². The topological polar surface area (TPSA) is 78.0 Å². The van der Waals surface area contributed by atoms with Crippen LogP contribution in [0.3, 0.4) is 0 Å². The van der Waals surface area contributed by atoms with E-state index in [0.717, 1.165) is 59.2 Å². The first-order chi connectivity index (χ1) is 13.2. The number of nitrogens with zero attached hydrogens (tertiary/aromatic N) is 5. The summed E-state index contributed by atoms with van der Waals surface area (Å²) in [5.41, 5.74) is 1.13. The number of aromatic amines is 1. The number of carbonyl (C=O) groups is 1. The highest BCUT2D eigenvalue weighted by atomic mass is 32.1. The second-order valence-electron chi connectivity index (χ2n) is 7.69. The molecule has 1 aliphatic carbocycles. The van der Waals surface area contributed by atoms with Crippen molar-refractivity contribution in [3.8, 4) is 0 Å². The molecule has 140 valence electrons. The molecule has 1 aliphatic heterocycles. The highest BCUT2D eigenvalue weighted by molar-refractivity contribution is 7.11. The average Bonchev–Trinajstić information content (AvgIpc) is 3.08. The maximum atomic E-state index is 11.9. The number of hydrogen-bond acceptors (Lipinski definition) is 7. The Morgan fingerprint density at radius 1 is 1.26 bits per heavy atom. The van der Waals surface area contributed by atoms with Crippen molar-refractivity contribution < 1.29 is 4.79 Å². The van der Waals surface area contributed by atoms with E-state index < -0.39 is 0 Å². The van der Waals surface area contributed by atoms with Crippen LogP contribution in [0, 0.1) is 12.3 Å². The van der Waals surface area contributed by atoms with Gasteiger partial charge in [0.15, 0.2) is 0 Å². The largest absolute Gasteiger partial charge is 0.354 e. The Morgan fingerprint density at radius 2 is 2.15 bits per heavy atom. The summed E-state index contributed by atoms with van der Waals surface area (Å²) >= 11 is 1.62. The second-order valence-corrected chi connectivity index (χ2v) is 8.96. The van der Waals surface area contributed by atoms with Crippen LogP contribution in [0.15, 0.2) is 24.8 Å². The zero-order valence-electron chi connectivity index (χ0n) is 15.3. The Balaban J connectivity index is 1.45. The van der Waals surface area contributed by atoms with E-state index in [0.29, 0.717) is 0 Å². The minimum absolute atomic E-state index is 0.202. The van der Waals surface area contributed by atoms with Crippen LogP contribution in [0.5, 0.6) is 0 Å². The molecule has 1 saturated carbocycles. The van der Waals surface area contributed by atoms with E-state index in [2.05, 4.69) is 29.7 Å². The smallest absolute Gasteiger partial charge is 0.142 e. The molecule has 7 nitrogen and oxygen atoms in total. The molecule has 27 heavy (non-hydrogen) atoms. The first-order valence-electron chi connectivity index (χ1n) is 9.32. The molecule has 0 amide bonds. The third-order valence-corrected chi connectivity index (χ3v) is 6.75. The van der Waals surface area contributed by atoms with Crippen molar-refractivity contribution in [1.82, 2.24) is 24.8 Å². The van der Waals surface area contributed by atoms with Gasteiger partial charge in [0.1, 0.15) is 30.1 Å². The number of nitrogens with one attached hydrogen (secondary N) is 1. The maximum Gasteiger partial charge on any atom is 0.142 e. The zero-order chi connectivity index (χ0) is 18.4. The van der Waals surface area contributed by atoms with E-state index in [1.807, 2.05) is 25.4 Å². The monoisotopic (exact) mass is 382 g/mol. The molecule has 1 atom stereocenters. The predicted octanol–water partition coefficient (Wildman–Crippen LogP) is 2.57. The fraction of sp³-hybridized carbons (Fsp3) is 0.474. The molecular formula is C19H22N6OS. The van der Waals surface area contributed by atoms with Crippen LogP contribution in [0.1, 0.15) is 28.8 Å². The Labute approximate surface area is 161 Å². The second kappa shape index (κ2) is 6.38. The molecule has 1 spiro atoms. The molecule has 5 rings (SSSR count). The van der Waals surface area contributed by atoms with Crippen molar-refractivity contribution in [1.29, 1.82) is 0 Å². The van der Waals surface area contributed by atoms with Gasteiger partial charge in [-0.25, -0.2) is 15.0 Å². The van der Waals surface area contributed by atoms with Crippen LogP contribution in [0.4, 0.5) is 5.82 Å². The van der Waals surface area contributed by atoms with E-state index in [-0.39, 0.29) is 11.5 Å². The van der Waals surface area contributed by atoms with Crippen LogP contribution in [0.2, 0.25) is 0 Å². The van der Waals surface area contributed by atoms with Gasteiger partial charge < -0.3 is 14.7 Å². The summed E-state index contributed by atoms with van der Waals surface area (Å²) in [6, 6.07) is 1.84. The summed E-state index contributed by atoms with van der Waals surface area (Å²) in [6.45, 7) is 5.60. The average molecular weight is 382 g/mol. The van der Waals surface area contributed by atoms with Gasteiger partial charge in [0.2, 0.25) is 0 Å². The van der Waals surface area contributed by atoms with Crippen molar-refractivity contribution in [3.63, 3.8) is 0 Å². The number of aryl methyl sites for hydroxylation is 1. The van der Waals surface area contributed by atoms with Gasteiger partial charge in [-0.3, -0.25) is 4.90 Å². The molecule has 2 aliphatic rings. The molecule has 0 aromatic carbocycles. The first kappa shape index (κ1) is 16.8. The number of anilines is 1. The van der Waals surface area contributed by atoms with Gasteiger partial charge in [-0.2, -0.15) is 0 Å². The summed E-state index contributed by atoms with van der Waals surface area (Å²) < 4.78 is 0. The molecule has 1 saturated heterocycles. The molecule has 8 heteroatoms. The maximum absolute atomic E-state index is 11.9. The van der Waals surface area contributed by atoms with Crippen LogP contribution < -0.4 is 4.90 Å². The Morgan fingerprint density at radius 3 is 2.89 bits per heavy atom. The number of fused-ring (bicyclic) bond motifs is 1. The Kier molecular flexibility index (Phi) is 3.98. The number of thiazole rings is 1. The van der Waals surface area contributed by atoms with Gasteiger partial charge in [-0.1, -0.05) is 0 Å². The molecule has 3 aromatic heterocycles. The molecule has 0 bridgehead atoms. The normalized spacial score (nSPS) is 20.7. The minimum atomic E-state index is -0.202.